The lowest BCUT2D eigenvalue weighted by Gasteiger charge is -2.09. The fourth-order valence-corrected chi connectivity index (χ4v) is 3.91. The van der Waals surface area contributed by atoms with Gasteiger partial charge in [-0.05, 0) is 30.3 Å². The molecule has 3 aromatic rings. The number of thioether (sulfide) groups is 1. The number of methoxy groups -OCH3 is 1. The summed E-state index contributed by atoms with van der Waals surface area (Å²) in [5.74, 6) is 8.30. The third kappa shape index (κ3) is 3.60. The summed E-state index contributed by atoms with van der Waals surface area (Å²) in [5, 5.41) is 9.06. The quantitative estimate of drug-likeness (QED) is 0.440. The third-order valence-corrected chi connectivity index (χ3v) is 5.56. The SMILES string of the molecule is COc1ccc(Br)cc1CSc1nnc(-c2ccccc2Br)n1N. The van der Waals surface area contributed by atoms with Crippen LogP contribution in [0.25, 0.3) is 11.4 Å². The van der Waals surface area contributed by atoms with E-state index in [4.69, 9.17) is 10.6 Å². The van der Waals surface area contributed by atoms with E-state index in [-0.39, 0.29) is 0 Å². The molecule has 124 valence electrons. The number of benzene rings is 2. The van der Waals surface area contributed by atoms with Crippen LogP contribution in [0.5, 0.6) is 5.75 Å². The van der Waals surface area contributed by atoms with Crippen LogP contribution in [0.3, 0.4) is 0 Å². The van der Waals surface area contributed by atoms with E-state index >= 15 is 0 Å². The van der Waals surface area contributed by atoms with E-state index in [1.165, 1.54) is 16.4 Å². The van der Waals surface area contributed by atoms with Crippen molar-refractivity contribution in [3.05, 3.63) is 57.0 Å². The molecule has 0 fully saturated rings. The maximum absolute atomic E-state index is 6.18. The Morgan fingerprint density at radius 3 is 2.71 bits per heavy atom. The Labute approximate surface area is 160 Å². The van der Waals surface area contributed by atoms with Crippen molar-refractivity contribution < 1.29 is 4.74 Å². The second kappa shape index (κ2) is 7.58. The van der Waals surface area contributed by atoms with Crippen molar-refractivity contribution in [3.63, 3.8) is 0 Å². The summed E-state index contributed by atoms with van der Waals surface area (Å²) >= 11 is 8.50. The molecular formula is C16H14Br2N4OS. The molecule has 0 saturated heterocycles. The van der Waals surface area contributed by atoms with Crippen molar-refractivity contribution in [2.45, 2.75) is 10.9 Å². The third-order valence-electron chi connectivity index (χ3n) is 3.38. The van der Waals surface area contributed by atoms with Gasteiger partial charge >= 0.3 is 0 Å². The molecule has 1 heterocycles. The zero-order valence-electron chi connectivity index (χ0n) is 12.7. The van der Waals surface area contributed by atoms with Gasteiger partial charge in [0.25, 0.3) is 0 Å². The number of nitrogen functional groups attached to an aromatic ring is 1. The van der Waals surface area contributed by atoms with Crippen molar-refractivity contribution >= 4 is 43.6 Å². The highest BCUT2D eigenvalue weighted by Gasteiger charge is 2.15. The fourth-order valence-electron chi connectivity index (χ4n) is 2.20. The maximum Gasteiger partial charge on any atom is 0.210 e. The molecule has 0 radical (unpaired) electrons. The summed E-state index contributed by atoms with van der Waals surface area (Å²) in [4.78, 5) is 0. The summed E-state index contributed by atoms with van der Waals surface area (Å²) in [5.41, 5.74) is 1.96. The summed E-state index contributed by atoms with van der Waals surface area (Å²) in [6.45, 7) is 0. The average Bonchev–Trinajstić information content (AvgIpc) is 2.94. The van der Waals surface area contributed by atoms with Crippen LogP contribution < -0.4 is 10.6 Å². The number of ether oxygens (including phenoxy) is 1. The average molecular weight is 470 g/mol. The molecule has 5 nitrogen and oxygen atoms in total. The Morgan fingerprint density at radius 1 is 1.17 bits per heavy atom. The van der Waals surface area contributed by atoms with Gasteiger partial charge < -0.3 is 10.6 Å². The molecule has 0 bridgehead atoms. The molecule has 24 heavy (non-hydrogen) atoms. The number of aromatic nitrogens is 3. The Morgan fingerprint density at radius 2 is 1.96 bits per heavy atom. The molecular weight excluding hydrogens is 456 g/mol. The van der Waals surface area contributed by atoms with E-state index in [2.05, 4.69) is 42.1 Å². The standard InChI is InChI=1S/C16H14Br2N4OS/c1-23-14-7-6-11(17)8-10(14)9-24-16-21-20-15(22(16)19)12-4-2-3-5-13(12)18/h2-8H,9,19H2,1H3. The number of nitrogens with two attached hydrogens (primary N) is 1. The van der Waals surface area contributed by atoms with Crippen molar-refractivity contribution in [2.24, 2.45) is 0 Å². The minimum atomic E-state index is 0.617. The summed E-state index contributed by atoms with van der Waals surface area (Å²) in [7, 11) is 1.66. The van der Waals surface area contributed by atoms with Crippen LogP contribution in [0.4, 0.5) is 0 Å². The van der Waals surface area contributed by atoms with Gasteiger partial charge in [0.2, 0.25) is 5.16 Å². The summed E-state index contributed by atoms with van der Waals surface area (Å²) in [6.07, 6.45) is 0. The predicted octanol–water partition coefficient (Wildman–Crippen LogP) is 4.48. The van der Waals surface area contributed by atoms with Gasteiger partial charge in [-0.15, -0.1) is 10.2 Å². The first-order valence-electron chi connectivity index (χ1n) is 7.00. The predicted molar refractivity (Wildman–Crippen MR) is 104 cm³/mol. The number of hydrogen-bond acceptors (Lipinski definition) is 5. The largest absolute Gasteiger partial charge is 0.496 e. The lowest BCUT2D eigenvalue weighted by molar-refractivity contribution is 0.411. The van der Waals surface area contributed by atoms with Crippen LogP contribution in [-0.2, 0) is 5.75 Å². The first-order chi connectivity index (χ1) is 11.6. The zero-order chi connectivity index (χ0) is 17.1. The molecule has 0 aliphatic carbocycles. The molecule has 3 rings (SSSR count). The summed E-state index contributed by atoms with van der Waals surface area (Å²) < 4.78 is 8.83. The Hall–Kier alpha value is -1.51. The Balaban J connectivity index is 1.83. The number of nitrogens with zero attached hydrogens (tertiary/aromatic N) is 3. The van der Waals surface area contributed by atoms with E-state index < -0.39 is 0 Å². The Kier molecular flexibility index (Phi) is 5.47. The minimum absolute atomic E-state index is 0.617. The number of hydrogen-bond donors (Lipinski definition) is 1. The van der Waals surface area contributed by atoms with Crippen molar-refractivity contribution in [1.82, 2.24) is 14.9 Å². The molecule has 0 aliphatic heterocycles. The van der Waals surface area contributed by atoms with Gasteiger partial charge in [-0.3, -0.25) is 0 Å². The van der Waals surface area contributed by atoms with Crippen molar-refractivity contribution in [2.75, 3.05) is 13.0 Å². The van der Waals surface area contributed by atoms with Crippen molar-refractivity contribution in [3.8, 4) is 17.1 Å². The molecule has 2 aromatic carbocycles. The Bertz CT molecular complexity index is 869. The lowest BCUT2D eigenvalue weighted by atomic mass is 10.2. The molecule has 0 unspecified atom stereocenters. The van der Waals surface area contributed by atoms with Crippen LogP contribution in [-0.4, -0.2) is 22.0 Å². The first kappa shape index (κ1) is 17.3. The van der Waals surface area contributed by atoms with E-state index in [1.807, 2.05) is 42.5 Å². The molecule has 1 aromatic heterocycles. The smallest absolute Gasteiger partial charge is 0.210 e. The van der Waals surface area contributed by atoms with Crippen LogP contribution in [0.2, 0.25) is 0 Å². The molecule has 0 amide bonds. The highest BCUT2D eigenvalue weighted by atomic mass is 79.9. The second-order valence-corrected chi connectivity index (χ2v) is 7.61. The molecule has 0 saturated carbocycles. The van der Waals surface area contributed by atoms with Crippen LogP contribution in [0, 0.1) is 0 Å². The monoisotopic (exact) mass is 468 g/mol. The minimum Gasteiger partial charge on any atom is -0.496 e. The molecule has 0 aliphatic rings. The summed E-state index contributed by atoms with van der Waals surface area (Å²) in [6, 6.07) is 13.7. The normalized spacial score (nSPS) is 10.8. The van der Waals surface area contributed by atoms with Crippen molar-refractivity contribution in [1.29, 1.82) is 0 Å². The first-order valence-corrected chi connectivity index (χ1v) is 9.58. The highest BCUT2D eigenvalue weighted by molar-refractivity contribution is 9.10. The zero-order valence-corrected chi connectivity index (χ0v) is 16.7. The lowest BCUT2D eigenvalue weighted by Crippen LogP contribution is -2.11. The van der Waals surface area contributed by atoms with Gasteiger partial charge in [0.1, 0.15) is 5.75 Å². The topological polar surface area (TPSA) is 66.0 Å². The van der Waals surface area contributed by atoms with Gasteiger partial charge in [0.05, 0.1) is 7.11 Å². The van der Waals surface area contributed by atoms with Crippen LogP contribution in [0.1, 0.15) is 5.56 Å². The van der Waals surface area contributed by atoms with E-state index in [1.54, 1.807) is 7.11 Å². The van der Waals surface area contributed by atoms with Gasteiger partial charge in [0, 0.05) is 25.8 Å². The van der Waals surface area contributed by atoms with Crippen LogP contribution >= 0.6 is 43.6 Å². The maximum atomic E-state index is 6.18. The van der Waals surface area contributed by atoms with E-state index in [9.17, 15) is 0 Å². The van der Waals surface area contributed by atoms with Gasteiger partial charge in [0.15, 0.2) is 5.82 Å². The molecule has 0 spiro atoms. The van der Waals surface area contributed by atoms with Gasteiger partial charge in [-0.25, -0.2) is 4.68 Å². The van der Waals surface area contributed by atoms with Gasteiger partial charge in [-0.2, -0.15) is 0 Å². The fraction of sp³-hybridized carbons (Fsp3) is 0.125. The number of rotatable bonds is 5. The molecule has 2 N–H and O–H groups in total. The van der Waals surface area contributed by atoms with Gasteiger partial charge in [-0.1, -0.05) is 55.8 Å². The second-order valence-electron chi connectivity index (χ2n) is 4.90. The number of halogens is 2. The molecule has 0 atom stereocenters. The van der Waals surface area contributed by atoms with Crippen LogP contribution in [0.15, 0.2) is 56.6 Å². The van der Waals surface area contributed by atoms with E-state index in [0.29, 0.717) is 16.7 Å². The molecule has 8 heteroatoms. The highest BCUT2D eigenvalue weighted by Crippen LogP contribution is 2.31. The van der Waals surface area contributed by atoms with E-state index in [0.717, 1.165) is 25.8 Å².